The Labute approximate surface area is 169 Å². The second-order valence-electron chi connectivity index (χ2n) is 7.29. The van der Waals surface area contributed by atoms with Gasteiger partial charge >= 0.3 is 0 Å². The van der Waals surface area contributed by atoms with E-state index in [2.05, 4.69) is 14.8 Å². The molecule has 0 spiro atoms. The maximum Gasteiger partial charge on any atom is 0.254 e. The molecule has 1 aromatic carbocycles. The predicted molar refractivity (Wildman–Crippen MR) is 109 cm³/mol. The highest BCUT2D eigenvalue weighted by Crippen LogP contribution is 2.21. The van der Waals surface area contributed by atoms with Crippen LogP contribution in [-0.2, 0) is 4.79 Å². The van der Waals surface area contributed by atoms with Gasteiger partial charge in [0.15, 0.2) is 0 Å². The van der Waals surface area contributed by atoms with Crippen LogP contribution in [0, 0.1) is 5.82 Å². The van der Waals surface area contributed by atoms with E-state index >= 15 is 0 Å². The standard InChI is InChI=1S/C21H24FN5O2/c22-18-1-3-19(4-2-18)25-11-13-26(14-12-25)20-15-17(5-6-23-20)21(29)27-9-7-24(16-28)8-10-27/h1-6,15-16H,7-14H2. The van der Waals surface area contributed by atoms with E-state index in [1.807, 2.05) is 6.07 Å². The molecule has 0 N–H and O–H groups in total. The SMILES string of the molecule is O=CN1CCN(C(=O)c2ccnc(N3CCN(c4ccc(F)cc4)CC3)c2)CC1. The zero-order valence-corrected chi connectivity index (χ0v) is 16.2. The fourth-order valence-electron chi connectivity index (χ4n) is 3.78. The fourth-order valence-corrected chi connectivity index (χ4v) is 3.78. The summed E-state index contributed by atoms with van der Waals surface area (Å²) < 4.78 is 13.1. The van der Waals surface area contributed by atoms with Gasteiger partial charge in [0.25, 0.3) is 5.91 Å². The lowest BCUT2D eigenvalue weighted by Gasteiger charge is -2.37. The first-order valence-electron chi connectivity index (χ1n) is 9.84. The third-order valence-corrected chi connectivity index (χ3v) is 5.54. The van der Waals surface area contributed by atoms with Gasteiger partial charge in [0, 0.05) is 69.8 Å². The molecular weight excluding hydrogens is 373 g/mol. The quantitative estimate of drug-likeness (QED) is 0.731. The van der Waals surface area contributed by atoms with Gasteiger partial charge in [-0.1, -0.05) is 0 Å². The number of halogens is 1. The smallest absolute Gasteiger partial charge is 0.254 e. The molecule has 0 atom stereocenters. The van der Waals surface area contributed by atoms with Crippen molar-refractivity contribution in [2.75, 3.05) is 62.2 Å². The summed E-state index contributed by atoms with van der Waals surface area (Å²) in [5.74, 6) is 0.538. The lowest BCUT2D eigenvalue weighted by Crippen LogP contribution is -2.48. The molecule has 7 nitrogen and oxygen atoms in total. The van der Waals surface area contributed by atoms with Crippen molar-refractivity contribution >= 4 is 23.8 Å². The predicted octanol–water partition coefficient (Wildman–Crippen LogP) is 1.46. The Bertz CT molecular complexity index is 860. The minimum atomic E-state index is -0.231. The van der Waals surface area contributed by atoms with E-state index in [0.717, 1.165) is 44.1 Å². The second-order valence-corrected chi connectivity index (χ2v) is 7.29. The van der Waals surface area contributed by atoms with E-state index in [4.69, 9.17) is 0 Å². The molecule has 2 aliphatic rings. The van der Waals surface area contributed by atoms with E-state index in [1.54, 1.807) is 34.2 Å². The van der Waals surface area contributed by atoms with E-state index in [9.17, 15) is 14.0 Å². The van der Waals surface area contributed by atoms with Crippen LogP contribution in [0.5, 0.6) is 0 Å². The summed E-state index contributed by atoms with van der Waals surface area (Å²) in [7, 11) is 0. The molecule has 0 bridgehead atoms. The molecule has 3 heterocycles. The van der Waals surface area contributed by atoms with Gasteiger partial charge in [-0.05, 0) is 36.4 Å². The highest BCUT2D eigenvalue weighted by Gasteiger charge is 2.23. The van der Waals surface area contributed by atoms with E-state index < -0.39 is 0 Å². The van der Waals surface area contributed by atoms with Gasteiger partial charge in [0.05, 0.1) is 0 Å². The molecule has 2 saturated heterocycles. The lowest BCUT2D eigenvalue weighted by molar-refractivity contribution is -0.119. The topological polar surface area (TPSA) is 60.0 Å². The monoisotopic (exact) mass is 397 g/mol. The minimum absolute atomic E-state index is 0.0239. The van der Waals surface area contributed by atoms with Crippen LogP contribution in [0.1, 0.15) is 10.4 Å². The van der Waals surface area contributed by atoms with Crippen molar-refractivity contribution in [3.8, 4) is 0 Å². The third-order valence-electron chi connectivity index (χ3n) is 5.54. The molecule has 8 heteroatoms. The van der Waals surface area contributed by atoms with Crippen LogP contribution in [0.4, 0.5) is 15.9 Å². The maximum atomic E-state index is 13.1. The molecule has 2 aliphatic heterocycles. The van der Waals surface area contributed by atoms with Gasteiger partial charge in [-0.25, -0.2) is 9.37 Å². The number of anilines is 2. The summed E-state index contributed by atoms with van der Waals surface area (Å²) in [6.07, 6.45) is 2.51. The van der Waals surface area contributed by atoms with Gasteiger partial charge < -0.3 is 19.6 Å². The molecule has 0 unspecified atom stereocenters. The first-order chi connectivity index (χ1) is 14.1. The first-order valence-corrected chi connectivity index (χ1v) is 9.84. The van der Waals surface area contributed by atoms with Crippen molar-refractivity contribution in [2.45, 2.75) is 0 Å². The molecule has 2 aromatic rings. The Balaban J connectivity index is 1.38. The van der Waals surface area contributed by atoms with Gasteiger partial charge in [-0.3, -0.25) is 9.59 Å². The van der Waals surface area contributed by atoms with Crippen molar-refractivity contribution in [3.63, 3.8) is 0 Å². The normalized spacial score (nSPS) is 17.4. The number of aromatic nitrogens is 1. The van der Waals surface area contributed by atoms with Crippen LogP contribution < -0.4 is 9.80 Å². The Kier molecular flexibility index (Phi) is 5.59. The molecule has 2 amide bonds. The molecule has 0 saturated carbocycles. The summed E-state index contributed by atoms with van der Waals surface area (Å²) in [5, 5.41) is 0. The number of pyridine rings is 1. The fraction of sp³-hybridized carbons (Fsp3) is 0.381. The third kappa shape index (κ3) is 4.31. The lowest BCUT2D eigenvalue weighted by atomic mass is 10.2. The zero-order valence-electron chi connectivity index (χ0n) is 16.2. The van der Waals surface area contributed by atoms with Crippen molar-refractivity contribution in [1.29, 1.82) is 0 Å². The summed E-state index contributed by atoms with van der Waals surface area (Å²) >= 11 is 0. The molecule has 29 heavy (non-hydrogen) atoms. The van der Waals surface area contributed by atoms with Crippen LogP contribution in [0.25, 0.3) is 0 Å². The number of carbonyl (C=O) groups excluding carboxylic acids is 2. The summed E-state index contributed by atoms with van der Waals surface area (Å²) in [4.78, 5) is 36.0. The van der Waals surface area contributed by atoms with Crippen molar-refractivity contribution < 1.29 is 14.0 Å². The first kappa shape index (κ1) is 19.2. The van der Waals surface area contributed by atoms with Gasteiger partial charge in [-0.15, -0.1) is 0 Å². The maximum absolute atomic E-state index is 13.1. The molecule has 0 radical (unpaired) electrons. The summed E-state index contributed by atoms with van der Waals surface area (Å²) in [6.45, 7) is 5.40. The number of benzene rings is 1. The van der Waals surface area contributed by atoms with E-state index in [0.29, 0.717) is 31.7 Å². The van der Waals surface area contributed by atoms with Crippen LogP contribution in [0.15, 0.2) is 42.6 Å². The van der Waals surface area contributed by atoms with Gasteiger partial charge in [0.2, 0.25) is 6.41 Å². The van der Waals surface area contributed by atoms with Gasteiger partial charge in [0.1, 0.15) is 11.6 Å². The Hall–Kier alpha value is -3.16. The molecule has 4 rings (SSSR count). The number of nitrogens with zero attached hydrogens (tertiary/aromatic N) is 5. The zero-order chi connectivity index (χ0) is 20.2. The number of hydrogen-bond donors (Lipinski definition) is 0. The minimum Gasteiger partial charge on any atom is -0.368 e. The van der Waals surface area contributed by atoms with E-state index in [1.165, 1.54) is 12.1 Å². The number of amides is 2. The average molecular weight is 397 g/mol. The van der Waals surface area contributed by atoms with Crippen LogP contribution in [-0.4, -0.2) is 79.5 Å². The number of hydrogen-bond acceptors (Lipinski definition) is 5. The number of rotatable bonds is 4. The highest BCUT2D eigenvalue weighted by molar-refractivity contribution is 5.95. The van der Waals surface area contributed by atoms with Gasteiger partial charge in [-0.2, -0.15) is 0 Å². The van der Waals surface area contributed by atoms with Crippen molar-refractivity contribution in [3.05, 3.63) is 54.0 Å². The molecule has 1 aromatic heterocycles. The Morgan fingerprint density at radius 1 is 0.897 bits per heavy atom. The molecule has 0 aliphatic carbocycles. The summed E-state index contributed by atoms with van der Waals surface area (Å²) in [6, 6.07) is 10.1. The van der Waals surface area contributed by atoms with E-state index in [-0.39, 0.29) is 11.7 Å². The van der Waals surface area contributed by atoms with Crippen LogP contribution in [0.3, 0.4) is 0 Å². The van der Waals surface area contributed by atoms with Crippen LogP contribution >= 0.6 is 0 Å². The average Bonchev–Trinajstić information content (AvgIpc) is 2.79. The molecule has 152 valence electrons. The number of piperazine rings is 2. The highest BCUT2D eigenvalue weighted by atomic mass is 19.1. The van der Waals surface area contributed by atoms with Crippen molar-refractivity contribution in [2.24, 2.45) is 0 Å². The van der Waals surface area contributed by atoms with Crippen molar-refractivity contribution in [1.82, 2.24) is 14.8 Å². The molecular formula is C21H24FN5O2. The largest absolute Gasteiger partial charge is 0.368 e. The Morgan fingerprint density at radius 3 is 2.21 bits per heavy atom. The molecule has 2 fully saturated rings. The number of carbonyl (C=O) groups is 2. The van der Waals surface area contributed by atoms with Crippen LogP contribution in [0.2, 0.25) is 0 Å². The Morgan fingerprint density at radius 2 is 1.55 bits per heavy atom. The second kappa shape index (κ2) is 8.46. The summed E-state index contributed by atoms with van der Waals surface area (Å²) in [5.41, 5.74) is 1.63.